The van der Waals surface area contributed by atoms with E-state index >= 15 is 0 Å². The Morgan fingerprint density at radius 2 is 1.94 bits per heavy atom. The average molecular weight is 472 g/mol. The van der Waals surface area contributed by atoms with Crippen LogP contribution >= 0.6 is 11.3 Å². The van der Waals surface area contributed by atoms with E-state index in [0.29, 0.717) is 6.54 Å². The third-order valence-electron chi connectivity index (χ3n) is 5.43. The largest absolute Gasteiger partial charge is 0.445 e. The maximum absolute atomic E-state index is 13.1. The number of amides is 3. The van der Waals surface area contributed by atoms with Crippen LogP contribution in [0, 0.1) is 5.92 Å². The maximum atomic E-state index is 13.1. The minimum absolute atomic E-state index is 0.0710. The van der Waals surface area contributed by atoms with E-state index in [1.165, 1.54) is 11.3 Å². The molecule has 9 heteroatoms. The van der Waals surface area contributed by atoms with Gasteiger partial charge in [0.15, 0.2) is 0 Å². The number of fused-ring (bicyclic) bond motifs is 1. The Labute approximate surface area is 197 Å². The van der Waals surface area contributed by atoms with Crippen LogP contribution in [0.1, 0.15) is 36.3 Å². The third kappa shape index (κ3) is 6.89. The van der Waals surface area contributed by atoms with Crippen LogP contribution in [0.15, 0.2) is 41.8 Å². The van der Waals surface area contributed by atoms with Crippen molar-refractivity contribution in [2.45, 2.75) is 51.8 Å². The lowest BCUT2D eigenvalue weighted by molar-refractivity contribution is -0.140. The zero-order chi connectivity index (χ0) is 23.8. The summed E-state index contributed by atoms with van der Waals surface area (Å²) in [6, 6.07) is 9.26. The molecule has 1 aliphatic heterocycles. The van der Waals surface area contributed by atoms with Crippen molar-refractivity contribution >= 4 is 35.0 Å². The van der Waals surface area contributed by atoms with Crippen LogP contribution < -0.4 is 16.0 Å². The third-order valence-corrected chi connectivity index (χ3v) is 6.41. The van der Waals surface area contributed by atoms with Gasteiger partial charge in [0, 0.05) is 17.8 Å². The highest BCUT2D eigenvalue weighted by Gasteiger charge is 2.33. The number of carbonyl (C=O) groups excluding carboxylic acids is 4. The monoisotopic (exact) mass is 471 g/mol. The fourth-order valence-electron chi connectivity index (χ4n) is 3.58. The molecular formula is C24H29N3O5S. The number of rotatable bonds is 6. The SMILES string of the molecule is CC(C)C(NC(=O)OCc1ccccc1)C(=O)NC1Cc2sccc2CCCNC(=O)C1=O. The van der Waals surface area contributed by atoms with Crippen molar-refractivity contribution in [3.05, 3.63) is 57.8 Å². The van der Waals surface area contributed by atoms with E-state index in [1.807, 2.05) is 41.8 Å². The van der Waals surface area contributed by atoms with Crippen LogP contribution in [-0.2, 0) is 38.6 Å². The summed E-state index contributed by atoms with van der Waals surface area (Å²) in [7, 11) is 0. The van der Waals surface area contributed by atoms with Crippen molar-refractivity contribution in [2.24, 2.45) is 5.92 Å². The molecule has 3 amide bonds. The number of alkyl carbamates (subject to hydrolysis) is 1. The maximum Gasteiger partial charge on any atom is 0.408 e. The molecule has 8 nitrogen and oxygen atoms in total. The molecule has 0 bridgehead atoms. The zero-order valence-electron chi connectivity index (χ0n) is 18.8. The molecule has 0 radical (unpaired) electrons. The molecule has 33 heavy (non-hydrogen) atoms. The minimum atomic E-state index is -1.02. The van der Waals surface area contributed by atoms with Crippen LogP contribution in [0.3, 0.4) is 0 Å². The van der Waals surface area contributed by atoms with E-state index in [2.05, 4.69) is 16.0 Å². The first-order chi connectivity index (χ1) is 15.8. The smallest absolute Gasteiger partial charge is 0.408 e. The van der Waals surface area contributed by atoms with Crippen LogP contribution in [0.2, 0.25) is 0 Å². The minimum Gasteiger partial charge on any atom is -0.445 e. The van der Waals surface area contributed by atoms with E-state index < -0.39 is 35.8 Å². The quantitative estimate of drug-likeness (QED) is 0.560. The van der Waals surface area contributed by atoms with Gasteiger partial charge >= 0.3 is 6.09 Å². The summed E-state index contributed by atoms with van der Waals surface area (Å²) in [4.78, 5) is 51.4. The summed E-state index contributed by atoms with van der Waals surface area (Å²) in [6.45, 7) is 4.02. The summed E-state index contributed by atoms with van der Waals surface area (Å²) >= 11 is 1.50. The topological polar surface area (TPSA) is 114 Å². The van der Waals surface area contributed by atoms with E-state index in [9.17, 15) is 19.2 Å². The van der Waals surface area contributed by atoms with E-state index in [-0.39, 0.29) is 18.9 Å². The number of thiophene rings is 1. The van der Waals surface area contributed by atoms with Gasteiger partial charge in [-0.2, -0.15) is 0 Å². The van der Waals surface area contributed by atoms with Gasteiger partial charge in [0.25, 0.3) is 5.91 Å². The van der Waals surface area contributed by atoms with Crippen LogP contribution in [0.5, 0.6) is 0 Å². The molecular weight excluding hydrogens is 442 g/mol. The molecule has 3 N–H and O–H groups in total. The Bertz CT molecular complexity index is 989. The Balaban J connectivity index is 1.67. The standard InChI is InChI=1S/C24H29N3O5S/c1-15(2)20(27-24(31)32-14-16-7-4-3-5-8-16)22(29)26-18-13-19-17(10-12-33-19)9-6-11-25-23(30)21(18)28/h3-5,7-8,10,12,15,18,20H,6,9,11,13-14H2,1-2H3,(H,25,30)(H,26,29)(H,27,31). The second kappa shape index (κ2) is 11.6. The number of hydrogen-bond acceptors (Lipinski definition) is 6. The molecule has 0 saturated carbocycles. The second-order valence-corrected chi connectivity index (χ2v) is 9.29. The number of carbonyl (C=O) groups is 4. The van der Waals surface area contributed by atoms with Gasteiger partial charge in [0.05, 0.1) is 0 Å². The van der Waals surface area contributed by atoms with Crippen molar-refractivity contribution in [1.29, 1.82) is 0 Å². The lowest BCUT2D eigenvalue weighted by Crippen LogP contribution is -2.56. The molecule has 2 heterocycles. The van der Waals surface area contributed by atoms with Crippen molar-refractivity contribution in [1.82, 2.24) is 16.0 Å². The lowest BCUT2D eigenvalue weighted by Gasteiger charge is -2.25. The highest BCUT2D eigenvalue weighted by molar-refractivity contribution is 7.10. The Morgan fingerprint density at radius 3 is 2.67 bits per heavy atom. The fraction of sp³-hybridized carbons (Fsp3) is 0.417. The van der Waals surface area contributed by atoms with Gasteiger partial charge in [-0.25, -0.2) is 4.79 Å². The molecule has 0 spiro atoms. The normalized spacial score (nSPS) is 17.5. The Morgan fingerprint density at radius 1 is 1.18 bits per heavy atom. The van der Waals surface area contributed by atoms with Crippen molar-refractivity contribution in [2.75, 3.05) is 6.54 Å². The number of benzene rings is 1. The summed E-state index contributed by atoms with van der Waals surface area (Å²) in [5.74, 6) is -2.21. The number of Topliss-reactive ketones (excluding diaryl/α,β-unsaturated/α-hetero) is 1. The number of ether oxygens (including phenoxy) is 1. The van der Waals surface area contributed by atoms with Crippen LogP contribution in [0.4, 0.5) is 4.79 Å². The zero-order valence-corrected chi connectivity index (χ0v) is 19.6. The summed E-state index contributed by atoms with van der Waals surface area (Å²) in [5, 5.41) is 9.84. The van der Waals surface area contributed by atoms with Gasteiger partial charge in [-0.1, -0.05) is 44.2 Å². The summed E-state index contributed by atoms with van der Waals surface area (Å²) in [6.07, 6.45) is 1.03. The summed E-state index contributed by atoms with van der Waals surface area (Å²) in [5.41, 5.74) is 1.94. The molecule has 2 aromatic rings. The molecule has 1 aromatic carbocycles. The molecule has 1 aromatic heterocycles. The first-order valence-corrected chi connectivity index (χ1v) is 11.9. The first-order valence-electron chi connectivity index (χ1n) is 11.0. The van der Waals surface area contributed by atoms with Gasteiger partial charge in [-0.05, 0) is 41.3 Å². The molecule has 3 rings (SSSR count). The van der Waals surface area contributed by atoms with Crippen LogP contribution in [-0.4, -0.2) is 42.3 Å². The summed E-state index contributed by atoms with van der Waals surface area (Å²) < 4.78 is 5.23. The van der Waals surface area contributed by atoms with Crippen molar-refractivity contribution < 1.29 is 23.9 Å². The van der Waals surface area contributed by atoms with Gasteiger partial charge < -0.3 is 20.7 Å². The Kier molecular flexibility index (Phi) is 8.59. The average Bonchev–Trinajstić information content (AvgIpc) is 3.24. The number of aryl methyl sites for hydroxylation is 1. The fourth-order valence-corrected chi connectivity index (χ4v) is 4.56. The van der Waals surface area contributed by atoms with E-state index in [1.54, 1.807) is 13.8 Å². The molecule has 176 valence electrons. The predicted octanol–water partition coefficient (Wildman–Crippen LogP) is 2.36. The number of nitrogens with one attached hydrogen (secondary N) is 3. The highest BCUT2D eigenvalue weighted by atomic mass is 32.1. The Hall–Kier alpha value is -3.20. The van der Waals surface area contributed by atoms with E-state index in [4.69, 9.17) is 4.74 Å². The van der Waals surface area contributed by atoms with Gasteiger partial charge in [0.2, 0.25) is 11.7 Å². The molecule has 0 saturated heterocycles. The van der Waals surface area contributed by atoms with Gasteiger partial charge in [-0.15, -0.1) is 11.3 Å². The van der Waals surface area contributed by atoms with Gasteiger partial charge in [0.1, 0.15) is 18.7 Å². The van der Waals surface area contributed by atoms with Crippen LogP contribution in [0.25, 0.3) is 0 Å². The predicted molar refractivity (Wildman–Crippen MR) is 125 cm³/mol. The number of hydrogen-bond donors (Lipinski definition) is 3. The van der Waals surface area contributed by atoms with Crippen molar-refractivity contribution in [3.63, 3.8) is 0 Å². The molecule has 0 aliphatic carbocycles. The molecule has 2 unspecified atom stereocenters. The molecule has 1 aliphatic rings. The highest BCUT2D eigenvalue weighted by Crippen LogP contribution is 2.21. The van der Waals surface area contributed by atoms with Crippen molar-refractivity contribution in [3.8, 4) is 0 Å². The number of ketones is 1. The molecule has 0 fully saturated rings. The second-order valence-electron chi connectivity index (χ2n) is 8.29. The van der Waals surface area contributed by atoms with Gasteiger partial charge in [-0.3, -0.25) is 14.4 Å². The lowest BCUT2D eigenvalue weighted by atomic mass is 9.99. The first kappa shape index (κ1) is 24.4. The molecule has 2 atom stereocenters. The van der Waals surface area contributed by atoms with E-state index in [0.717, 1.165) is 28.8 Å².